The van der Waals surface area contributed by atoms with Crippen molar-refractivity contribution in [3.8, 4) is 0 Å². The van der Waals surface area contributed by atoms with E-state index in [1.807, 2.05) is 25.2 Å². The zero-order valence-electron chi connectivity index (χ0n) is 15.2. The minimum Gasteiger partial charge on any atom is -0.381 e. The van der Waals surface area contributed by atoms with Crippen LogP contribution in [0.1, 0.15) is 32.1 Å². The Morgan fingerprint density at radius 3 is 2.60 bits per heavy atom. The number of pyridine rings is 1. The maximum Gasteiger partial charge on any atom is 0.190 e. The van der Waals surface area contributed by atoms with Crippen molar-refractivity contribution in [3.05, 3.63) is 24.4 Å². The molecular weight excluding hydrogens is 429 g/mol. The van der Waals surface area contributed by atoms with Gasteiger partial charge in [-0.1, -0.05) is 6.07 Å². The zero-order chi connectivity index (χ0) is 16.9. The average molecular weight is 461 g/mol. The van der Waals surface area contributed by atoms with Crippen LogP contribution in [0.25, 0.3) is 0 Å². The number of unbranched alkanes of at least 4 members (excludes halogenated alkanes) is 1. The fourth-order valence-corrected chi connectivity index (χ4v) is 2.28. The van der Waals surface area contributed by atoms with Crippen molar-refractivity contribution in [2.24, 2.45) is 10.9 Å². The molecule has 6 nitrogen and oxygen atoms in total. The molecule has 3 N–H and O–H groups in total. The molecule has 1 heterocycles. The smallest absolute Gasteiger partial charge is 0.190 e. The number of guanidine groups is 1. The lowest BCUT2D eigenvalue weighted by Gasteiger charge is -2.12. The predicted molar refractivity (Wildman–Crippen MR) is 115 cm³/mol. The molecule has 0 atom stereocenters. The van der Waals surface area contributed by atoms with Gasteiger partial charge in [-0.3, -0.25) is 4.99 Å². The maximum absolute atomic E-state index is 5.62. The van der Waals surface area contributed by atoms with Gasteiger partial charge < -0.3 is 20.7 Å². The van der Waals surface area contributed by atoms with E-state index >= 15 is 0 Å². The van der Waals surface area contributed by atoms with Crippen molar-refractivity contribution >= 4 is 35.8 Å². The molecule has 0 aromatic carbocycles. The summed E-state index contributed by atoms with van der Waals surface area (Å²) >= 11 is 0. The molecule has 1 fully saturated rings. The maximum atomic E-state index is 5.62. The fourth-order valence-electron chi connectivity index (χ4n) is 2.28. The summed E-state index contributed by atoms with van der Waals surface area (Å²) < 4.78 is 5.62. The molecule has 0 aliphatic heterocycles. The normalized spacial score (nSPS) is 13.9. The number of ether oxygens (including phenoxy) is 1. The molecule has 142 valence electrons. The number of aliphatic imine (C=N–C) groups is 1. The molecule has 1 aromatic heterocycles. The number of hydrogen-bond acceptors (Lipinski definition) is 4. The molecule has 0 unspecified atom stereocenters. The van der Waals surface area contributed by atoms with Crippen molar-refractivity contribution in [2.75, 3.05) is 45.2 Å². The molecule has 0 bridgehead atoms. The quantitative estimate of drug-likeness (QED) is 0.193. The van der Waals surface area contributed by atoms with Gasteiger partial charge in [0.25, 0.3) is 0 Å². The van der Waals surface area contributed by atoms with Crippen LogP contribution in [0.4, 0.5) is 5.82 Å². The molecule has 2 rings (SSSR count). The van der Waals surface area contributed by atoms with Gasteiger partial charge in [0.15, 0.2) is 5.96 Å². The first-order valence-electron chi connectivity index (χ1n) is 9.05. The van der Waals surface area contributed by atoms with E-state index in [0.29, 0.717) is 0 Å². The van der Waals surface area contributed by atoms with Gasteiger partial charge in [0.1, 0.15) is 5.82 Å². The fraction of sp³-hybridized carbons (Fsp3) is 0.667. The molecule has 0 radical (unpaired) electrons. The van der Waals surface area contributed by atoms with Gasteiger partial charge in [-0.2, -0.15) is 0 Å². The van der Waals surface area contributed by atoms with Crippen LogP contribution < -0.4 is 16.0 Å². The highest BCUT2D eigenvalue weighted by atomic mass is 127. The van der Waals surface area contributed by atoms with Gasteiger partial charge in [-0.15, -0.1) is 24.0 Å². The highest BCUT2D eigenvalue weighted by molar-refractivity contribution is 14.0. The SMILES string of the molecule is CN=C(NCCCCNc1ccccn1)NCCCOCC1CC1.I. The van der Waals surface area contributed by atoms with Gasteiger partial charge >= 0.3 is 0 Å². The number of nitrogens with one attached hydrogen (secondary N) is 3. The van der Waals surface area contributed by atoms with Gasteiger partial charge in [0.05, 0.1) is 0 Å². The monoisotopic (exact) mass is 461 g/mol. The lowest BCUT2D eigenvalue weighted by molar-refractivity contribution is 0.123. The van der Waals surface area contributed by atoms with E-state index in [1.54, 1.807) is 6.20 Å². The standard InChI is InChI=1S/C18H31N5O.HI/c1-19-18(23-13-6-14-24-15-16-8-9-16)22-12-5-4-11-21-17-7-2-3-10-20-17;/h2-3,7,10,16H,4-6,8-9,11-15H2,1H3,(H,20,21)(H2,19,22,23);1H. The average Bonchev–Trinajstić information content (AvgIpc) is 3.44. The van der Waals surface area contributed by atoms with E-state index in [2.05, 4.69) is 25.9 Å². The van der Waals surface area contributed by atoms with E-state index < -0.39 is 0 Å². The van der Waals surface area contributed by atoms with Gasteiger partial charge in [-0.25, -0.2) is 4.98 Å². The van der Waals surface area contributed by atoms with Crippen molar-refractivity contribution < 1.29 is 4.74 Å². The summed E-state index contributed by atoms with van der Waals surface area (Å²) in [5, 5.41) is 9.98. The molecule has 1 aliphatic rings. The Hall–Kier alpha value is -1.09. The predicted octanol–water partition coefficient (Wildman–Crippen LogP) is 2.87. The first kappa shape index (κ1) is 22.0. The third-order valence-electron chi connectivity index (χ3n) is 3.90. The third-order valence-corrected chi connectivity index (χ3v) is 3.90. The van der Waals surface area contributed by atoms with Crippen molar-refractivity contribution in [1.82, 2.24) is 15.6 Å². The van der Waals surface area contributed by atoms with Crippen LogP contribution in [0, 0.1) is 5.92 Å². The summed E-state index contributed by atoms with van der Waals surface area (Å²) in [7, 11) is 1.81. The Labute approximate surface area is 168 Å². The molecular formula is C18H32IN5O. The number of nitrogens with zero attached hydrogens (tertiary/aromatic N) is 2. The van der Waals surface area contributed by atoms with Crippen LogP contribution in [-0.2, 0) is 4.74 Å². The summed E-state index contributed by atoms with van der Waals surface area (Å²) in [4.78, 5) is 8.48. The second kappa shape index (κ2) is 14.1. The van der Waals surface area contributed by atoms with E-state index in [0.717, 1.165) is 69.8 Å². The minimum absolute atomic E-state index is 0. The van der Waals surface area contributed by atoms with E-state index in [4.69, 9.17) is 4.74 Å². The number of hydrogen-bond donors (Lipinski definition) is 3. The number of halogens is 1. The van der Waals surface area contributed by atoms with Crippen LogP contribution in [0.3, 0.4) is 0 Å². The van der Waals surface area contributed by atoms with E-state index in [9.17, 15) is 0 Å². The Bertz CT molecular complexity index is 468. The van der Waals surface area contributed by atoms with Crippen molar-refractivity contribution in [1.29, 1.82) is 0 Å². The topological polar surface area (TPSA) is 70.6 Å². The Balaban J connectivity index is 0.00000312. The van der Waals surface area contributed by atoms with Gasteiger partial charge in [-0.05, 0) is 50.2 Å². The molecule has 0 spiro atoms. The molecule has 7 heteroatoms. The van der Waals surface area contributed by atoms with E-state index in [1.165, 1.54) is 12.8 Å². The molecule has 25 heavy (non-hydrogen) atoms. The van der Waals surface area contributed by atoms with Crippen LogP contribution in [-0.4, -0.2) is 50.8 Å². The Morgan fingerprint density at radius 2 is 1.92 bits per heavy atom. The largest absolute Gasteiger partial charge is 0.381 e. The Morgan fingerprint density at radius 1 is 1.16 bits per heavy atom. The highest BCUT2D eigenvalue weighted by Gasteiger charge is 2.20. The molecule has 0 amide bonds. The van der Waals surface area contributed by atoms with Crippen molar-refractivity contribution in [3.63, 3.8) is 0 Å². The lowest BCUT2D eigenvalue weighted by Crippen LogP contribution is -2.38. The zero-order valence-corrected chi connectivity index (χ0v) is 17.5. The van der Waals surface area contributed by atoms with Gasteiger partial charge in [0, 0.05) is 46.1 Å². The van der Waals surface area contributed by atoms with Crippen molar-refractivity contribution in [2.45, 2.75) is 32.1 Å². The Kier molecular flexibility index (Phi) is 12.4. The van der Waals surface area contributed by atoms with Crippen LogP contribution in [0.15, 0.2) is 29.4 Å². The summed E-state index contributed by atoms with van der Waals surface area (Å²) in [6, 6.07) is 5.90. The molecule has 0 saturated heterocycles. The van der Waals surface area contributed by atoms with E-state index in [-0.39, 0.29) is 24.0 Å². The molecule has 1 saturated carbocycles. The summed E-state index contributed by atoms with van der Waals surface area (Å²) in [5.74, 6) is 2.65. The van der Waals surface area contributed by atoms with Crippen LogP contribution >= 0.6 is 24.0 Å². The molecule has 1 aliphatic carbocycles. The third kappa shape index (κ3) is 11.2. The summed E-state index contributed by atoms with van der Waals surface area (Å²) in [5.41, 5.74) is 0. The lowest BCUT2D eigenvalue weighted by atomic mass is 10.3. The van der Waals surface area contributed by atoms with Crippen LogP contribution in [0.2, 0.25) is 0 Å². The first-order chi connectivity index (χ1) is 11.9. The first-order valence-corrected chi connectivity index (χ1v) is 9.05. The van der Waals surface area contributed by atoms with Gasteiger partial charge in [0.2, 0.25) is 0 Å². The second-order valence-corrected chi connectivity index (χ2v) is 6.15. The number of anilines is 1. The second-order valence-electron chi connectivity index (χ2n) is 6.15. The summed E-state index contributed by atoms with van der Waals surface area (Å²) in [6.45, 7) is 4.52. The number of rotatable bonds is 12. The summed E-state index contributed by atoms with van der Waals surface area (Å²) in [6.07, 6.45) is 7.71. The highest BCUT2D eigenvalue weighted by Crippen LogP contribution is 2.28. The molecule has 1 aromatic rings. The van der Waals surface area contributed by atoms with Crippen LogP contribution in [0.5, 0.6) is 0 Å². The minimum atomic E-state index is 0. The number of aromatic nitrogens is 1.